The molecule has 0 bridgehead atoms. The minimum absolute atomic E-state index is 0.0156. The van der Waals surface area contributed by atoms with E-state index >= 15 is 0 Å². The lowest BCUT2D eigenvalue weighted by atomic mass is 10.1. The zero-order valence-corrected chi connectivity index (χ0v) is 19.4. The number of aryl methyl sites for hydroxylation is 1. The number of rotatable bonds is 8. The van der Waals surface area contributed by atoms with Crippen LogP contribution in [0.1, 0.15) is 31.9 Å². The van der Waals surface area contributed by atoms with Gasteiger partial charge in [0.2, 0.25) is 5.91 Å². The van der Waals surface area contributed by atoms with Crippen molar-refractivity contribution < 1.29 is 14.3 Å². The van der Waals surface area contributed by atoms with Gasteiger partial charge in [0.25, 0.3) is 5.91 Å². The van der Waals surface area contributed by atoms with Gasteiger partial charge in [-0.25, -0.2) is 0 Å². The van der Waals surface area contributed by atoms with Gasteiger partial charge in [-0.3, -0.25) is 9.59 Å². The third kappa shape index (κ3) is 6.75. The normalized spacial score (nSPS) is 11.8. The summed E-state index contributed by atoms with van der Waals surface area (Å²) in [7, 11) is 0. The van der Waals surface area contributed by atoms with E-state index in [2.05, 4.69) is 21.2 Å². The van der Waals surface area contributed by atoms with Crippen LogP contribution < -0.4 is 10.1 Å². The van der Waals surface area contributed by atoms with Gasteiger partial charge in [0.05, 0.1) is 5.02 Å². The summed E-state index contributed by atoms with van der Waals surface area (Å²) in [6.07, 6.45) is 0. The molecule has 7 heteroatoms. The minimum atomic E-state index is -0.645. The molecule has 2 rings (SSSR count). The summed E-state index contributed by atoms with van der Waals surface area (Å²) in [5, 5.41) is 3.27. The predicted molar refractivity (Wildman–Crippen MR) is 119 cm³/mol. The van der Waals surface area contributed by atoms with E-state index < -0.39 is 6.04 Å². The third-order valence-electron chi connectivity index (χ3n) is 4.45. The third-order valence-corrected chi connectivity index (χ3v) is 5.23. The molecule has 0 radical (unpaired) electrons. The van der Waals surface area contributed by atoms with Crippen molar-refractivity contribution in [1.29, 1.82) is 0 Å². The van der Waals surface area contributed by atoms with Crippen LogP contribution in [0, 0.1) is 6.92 Å². The highest BCUT2D eigenvalue weighted by atomic mass is 79.9. The molecule has 0 spiro atoms. The molecule has 1 N–H and O–H groups in total. The Balaban J connectivity index is 2.19. The average molecular weight is 482 g/mol. The molecule has 156 valence electrons. The molecular weight excluding hydrogens is 456 g/mol. The monoisotopic (exact) mass is 480 g/mol. The highest BCUT2D eigenvalue weighted by Crippen LogP contribution is 2.27. The lowest BCUT2D eigenvalue weighted by Crippen LogP contribution is -2.50. The number of carbonyl (C=O) groups is 2. The maximum atomic E-state index is 13.0. The molecule has 5 nitrogen and oxygen atoms in total. The van der Waals surface area contributed by atoms with Gasteiger partial charge in [-0.2, -0.15) is 0 Å². The summed E-state index contributed by atoms with van der Waals surface area (Å²) < 4.78 is 6.46. The first kappa shape index (κ1) is 23.2. The number of benzene rings is 2. The summed E-state index contributed by atoms with van der Waals surface area (Å²) in [5.74, 6) is -0.0828. The molecule has 0 aliphatic rings. The molecule has 0 unspecified atom stereocenters. The Labute approximate surface area is 185 Å². The molecule has 0 fully saturated rings. The van der Waals surface area contributed by atoms with Crippen LogP contribution in [-0.2, 0) is 16.1 Å². The van der Waals surface area contributed by atoms with E-state index in [-0.39, 0.29) is 24.5 Å². The van der Waals surface area contributed by atoms with Gasteiger partial charge in [-0.1, -0.05) is 51.8 Å². The number of hydrogen-bond acceptors (Lipinski definition) is 3. The molecule has 0 heterocycles. The van der Waals surface area contributed by atoms with Crippen molar-refractivity contribution in [2.45, 2.75) is 46.3 Å². The number of nitrogens with one attached hydrogen (secondary N) is 1. The Bertz CT molecular complexity index is 873. The Kier molecular flexibility index (Phi) is 8.53. The maximum Gasteiger partial charge on any atom is 0.261 e. The molecule has 0 aromatic heterocycles. The minimum Gasteiger partial charge on any atom is -0.482 e. The number of amides is 2. The summed E-state index contributed by atoms with van der Waals surface area (Å²) in [6.45, 7) is 7.57. The molecule has 29 heavy (non-hydrogen) atoms. The average Bonchev–Trinajstić information content (AvgIpc) is 2.65. The Morgan fingerprint density at radius 2 is 1.86 bits per heavy atom. The van der Waals surface area contributed by atoms with Crippen LogP contribution in [0.15, 0.2) is 46.9 Å². The quantitative estimate of drug-likeness (QED) is 0.593. The van der Waals surface area contributed by atoms with Gasteiger partial charge in [0.15, 0.2) is 6.61 Å². The van der Waals surface area contributed by atoms with Crippen molar-refractivity contribution in [1.82, 2.24) is 10.2 Å². The molecule has 2 aromatic carbocycles. The molecule has 2 amide bonds. The summed E-state index contributed by atoms with van der Waals surface area (Å²) in [5.41, 5.74) is 2.03. The van der Waals surface area contributed by atoms with Gasteiger partial charge in [-0.05, 0) is 57.0 Å². The van der Waals surface area contributed by atoms with Gasteiger partial charge in [0, 0.05) is 17.1 Å². The van der Waals surface area contributed by atoms with Crippen LogP contribution in [0.4, 0.5) is 0 Å². The molecule has 0 aliphatic heterocycles. The Morgan fingerprint density at radius 1 is 1.17 bits per heavy atom. The fourth-order valence-corrected chi connectivity index (χ4v) is 3.50. The van der Waals surface area contributed by atoms with E-state index in [1.165, 1.54) is 4.90 Å². The molecular formula is C22H26BrClN2O3. The predicted octanol–water partition coefficient (Wildman–Crippen LogP) is 4.73. The second kappa shape index (κ2) is 10.6. The smallest absolute Gasteiger partial charge is 0.261 e. The van der Waals surface area contributed by atoms with Crippen LogP contribution in [0.3, 0.4) is 0 Å². The molecule has 2 aromatic rings. The van der Waals surface area contributed by atoms with Crippen LogP contribution >= 0.6 is 27.5 Å². The first-order chi connectivity index (χ1) is 13.7. The van der Waals surface area contributed by atoms with Gasteiger partial charge in [-0.15, -0.1) is 0 Å². The SMILES string of the molecule is Cc1ccccc1CN(C(=O)COc1ccc(Br)cc1Cl)[C@@H](C)C(=O)NC(C)C. The summed E-state index contributed by atoms with van der Waals surface area (Å²) in [6, 6.07) is 12.3. The second-order valence-corrected chi connectivity index (χ2v) is 8.47. The van der Waals surface area contributed by atoms with Crippen LogP contribution in [-0.4, -0.2) is 35.4 Å². The van der Waals surface area contributed by atoms with Crippen LogP contribution in [0.5, 0.6) is 5.75 Å². The summed E-state index contributed by atoms with van der Waals surface area (Å²) in [4.78, 5) is 27.1. The van der Waals surface area contributed by atoms with Crippen LogP contribution in [0.2, 0.25) is 5.02 Å². The fourth-order valence-electron chi connectivity index (χ4n) is 2.77. The number of halogens is 2. The van der Waals surface area contributed by atoms with Crippen molar-refractivity contribution in [2.75, 3.05) is 6.61 Å². The number of ether oxygens (including phenoxy) is 1. The van der Waals surface area contributed by atoms with Gasteiger partial charge >= 0.3 is 0 Å². The topological polar surface area (TPSA) is 58.6 Å². The summed E-state index contributed by atoms with van der Waals surface area (Å²) >= 11 is 9.51. The number of nitrogens with zero attached hydrogens (tertiary/aromatic N) is 1. The van der Waals surface area contributed by atoms with Crippen molar-refractivity contribution in [2.24, 2.45) is 0 Å². The van der Waals surface area contributed by atoms with Crippen molar-refractivity contribution in [3.05, 3.63) is 63.1 Å². The van der Waals surface area contributed by atoms with E-state index in [9.17, 15) is 9.59 Å². The second-order valence-electron chi connectivity index (χ2n) is 7.15. The maximum absolute atomic E-state index is 13.0. The van der Waals surface area contributed by atoms with Gasteiger partial charge in [0.1, 0.15) is 11.8 Å². The van der Waals surface area contributed by atoms with Crippen molar-refractivity contribution in [3.8, 4) is 5.75 Å². The molecule has 0 aliphatic carbocycles. The standard InChI is InChI=1S/C22H26BrClN2O3/c1-14(2)25-22(28)16(4)26(12-17-8-6-5-7-15(17)3)21(27)13-29-20-10-9-18(23)11-19(20)24/h5-11,14,16H,12-13H2,1-4H3,(H,25,28)/t16-/m0/s1. The first-order valence-corrected chi connectivity index (χ1v) is 10.6. The molecule has 1 atom stereocenters. The first-order valence-electron chi connectivity index (χ1n) is 9.41. The van der Waals surface area contributed by atoms with E-state index in [1.807, 2.05) is 45.0 Å². The van der Waals surface area contributed by atoms with E-state index in [1.54, 1.807) is 25.1 Å². The highest BCUT2D eigenvalue weighted by Gasteiger charge is 2.27. The van der Waals surface area contributed by atoms with Crippen molar-refractivity contribution in [3.63, 3.8) is 0 Å². The zero-order valence-electron chi connectivity index (χ0n) is 17.0. The van der Waals surface area contributed by atoms with Crippen LogP contribution in [0.25, 0.3) is 0 Å². The fraction of sp³-hybridized carbons (Fsp3) is 0.364. The number of hydrogen-bond donors (Lipinski definition) is 1. The zero-order chi connectivity index (χ0) is 21.6. The molecule has 0 saturated heterocycles. The van der Waals surface area contributed by atoms with Crippen molar-refractivity contribution >= 4 is 39.3 Å². The van der Waals surface area contributed by atoms with E-state index in [4.69, 9.17) is 16.3 Å². The highest BCUT2D eigenvalue weighted by molar-refractivity contribution is 9.10. The molecule has 0 saturated carbocycles. The largest absolute Gasteiger partial charge is 0.482 e. The van der Waals surface area contributed by atoms with Gasteiger partial charge < -0.3 is 15.0 Å². The Morgan fingerprint density at radius 3 is 2.48 bits per heavy atom. The van der Waals surface area contributed by atoms with E-state index in [0.29, 0.717) is 17.3 Å². The lowest BCUT2D eigenvalue weighted by Gasteiger charge is -2.29. The Hall–Kier alpha value is -2.05. The lowest BCUT2D eigenvalue weighted by molar-refractivity contribution is -0.142. The van der Waals surface area contributed by atoms with E-state index in [0.717, 1.165) is 15.6 Å². The number of carbonyl (C=O) groups excluding carboxylic acids is 2.